The molecule has 0 saturated carbocycles. The van der Waals surface area contributed by atoms with Crippen molar-refractivity contribution >= 4 is 29.1 Å². The van der Waals surface area contributed by atoms with Crippen LogP contribution in [0, 0.1) is 6.92 Å². The SMILES string of the molecule is CC(=O)CC(Sc1ccc(Cl)cc1)c1ccc(C)cc1. The highest BCUT2D eigenvalue weighted by atomic mass is 35.5. The smallest absolute Gasteiger partial charge is 0.131 e. The number of ketones is 1. The van der Waals surface area contributed by atoms with Gasteiger partial charge in [0, 0.05) is 21.6 Å². The van der Waals surface area contributed by atoms with Crippen molar-refractivity contribution in [3.05, 3.63) is 64.7 Å². The molecule has 0 amide bonds. The summed E-state index contributed by atoms with van der Waals surface area (Å²) in [5.74, 6) is 0.206. The number of aryl methyl sites for hydroxylation is 1. The average Bonchev–Trinajstić information content (AvgIpc) is 2.41. The number of carbonyl (C=O) groups excluding carboxylic acids is 1. The fourth-order valence-corrected chi connectivity index (χ4v) is 3.31. The number of rotatable bonds is 5. The largest absolute Gasteiger partial charge is 0.300 e. The van der Waals surface area contributed by atoms with Crippen LogP contribution < -0.4 is 0 Å². The van der Waals surface area contributed by atoms with Crippen LogP contribution in [-0.2, 0) is 4.79 Å². The van der Waals surface area contributed by atoms with Gasteiger partial charge in [0.15, 0.2) is 0 Å². The third-order valence-corrected chi connectivity index (χ3v) is 4.53. The topological polar surface area (TPSA) is 17.1 Å². The van der Waals surface area contributed by atoms with Crippen molar-refractivity contribution in [2.75, 3.05) is 0 Å². The Morgan fingerprint density at radius 3 is 2.25 bits per heavy atom. The quantitative estimate of drug-likeness (QED) is 0.682. The molecule has 1 atom stereocenters. The van der Waals surface area contributed by atoms with Crippen LogP contribution in [0.5, 0.6) is 0 Å². The van der Waals surface area contributed by atoms with E-state index in [-0.39, 0.29) is 11.0 Å². The minimum Gasteiger partial charge on any atom is -0.300 e. The second-order valence-electron chi connectivity index (χ2n) is 4.88. The number of halogens is 1. The normalized spacial score (nSPS) is 12.2. The van der Waals surface area contributed by atoms with Gasteiger partial charge in [-0.25, -0.2) is 0 Å². The molecule has 0 spiro atoms. The van der Waals surface area contributed by atoms with E-state index in [4.69, 9.17) is 11.6 Å². The summed E-state index contributed by atoms with van der Waals surface area (Å²) in [5.41, 5.74) is 2.41. The Morgan fingerprint density at radius 1 is 1.10 bits per heavy atom. The molecular formula is C17H17ClOS. The molecule has 0 aliphatic heterocycles. The molecule has 1 unspecified atom stereocenters. The van der Waals surface area contributed by atoms with Crippen LogP contribution in [0.4, 0.5) is 0 Å². The molecule has 2 rings (SSSR count). The Hall–Kier alpha value is -1.25. The summed E-state index contributed by atoms with van der Waals surface area (Å²) in [7, 11) is 0. The van der Waals surface area contributed by atoms with Gasteiger partial charge in [-0.2, -0.15) is 0 Å². The fourth-order valence-electron chi connectivity index (χ4n) is 1.95. The summed E-state index contributed by atoms with van der Waals surface area (Å²) in [6, 6.07) is 16.1. The number of carbonyl (C=O) groups is 1. The van der Waals surface area contributed by atoms with Crippen LogP contribution in [0.2, 0.25) is 5.02 Å². The third-order valence-electron chi connectivity index (χ3n) is 3.01. The second kappa shape index (κ2) is 6.96. The zero-order valence-corrected chi connectivity index (χ0v) is 13.2. The number of thioether (sulfide) groups is 1. The van der Waals surface area contributed by atoms with Crippen molar-refractivity contribution in [2.45, 2.75) is 30.4 Å². The molecule has 2 aromatic rings. The first kappa shape index (κ1) is 15.1. The van der Waals surface area contributed by atoms with Gasteiger partial charge in [-0.15, -0.1) is 11.8 Å². The molecule has 0 saturated heterocycles. The van der Waals surface area contributed by atoms with Crippen LogP contribution in [-0.4, -0.2) is 5.78 Å². The number of benzene rings is 2. The fraction of sp³-hybridized carbons (Fsp3) is 0.235. The summed E-state index contributed by atoms with van der Waals surface area (Å²) in [6.45, 7) is 3.71. The Morgan fingerprint density at radius 2 is 1.70 bits per heavy atom. The van der Waals surface area contributed by atoms with Gasteiger partial charge in [0.05, 0.1) is 0 Å². The molecule has 0 radical (unpaired) electrons. The molecule has 3 heteroatoms. The average molecular weight is 305 g/mol. The van der Waals surface area contributed by atoms with E-state index in [2.05, 4.69) is 31.2 Å². The van der Waals surface area contributed by atoms with E-state index in [0.717, 1.165) is 9.92 Å². The lowest BCUT2D eigenvalue weighted by molar-refractivity contribution is -0.117. The standard InChI is InChI=1S/C17H17ClOS/c1-12-3-5-14(6-4-12)17(11-13(2)19)20-16-9-7-15(18)8-10-16/h3-10,17H,11H2,1-2H3. The zero-order valence-electron chi connectivity index (χ0n) is 11.6. The molecule has 0 aliphatic rings. The van der Waals surface area contributed by atoms with Gasteiger partial charge in [0.25, 0.3) is 0 Å². The van der Waals surface area contributed by atoms with Gasteiger partial charge >= 0.3 is 0 Å². The van der Waals surface area contributed by atoms with Gasteiger partial charge in [-0.1, -0.05) is 41.4 Å². The van der Waals surface area contributed by atoms with Gasteiger partial charge in [0.2, 0.25) is 0 Å². The number of hydrogen-bond donors (Lipinski definition) is 0. The van der Waals surface area contributed by atoms with Crippen molar-refractivity contribution in [3.63, 3.8) is 0 Å². The van der Waals surface area contributed by atoms with Crippen LogP contribution in [0.15, 0.2) is 53.4 Å². The Kier molecular flexibility index (Phi) is 5.27. The lowest BCUT2D eigenvalue weighted by atomic mass is 10.1. The van der Waals surface area contributed by atoms with E-state index >= 15 is 0 Å². The highest BCUT2D eigenvalue weighted by Gasteiger charge is 2.15. The predicted octanol–water partition coefficient (Wildman–Crippen LogP) is 5.46. The van der Waals surface area contributed by atoms with Crippen LogP contribution in [0.3, 0.4) is 0 Å². The molecule has 0 bridgehead atoms. The summed E-state index contributed by atoms with van der Waals surface area (Å²) in [4.78, 5) is 12.6. The number of Topliss-reactive ketones (excluding diaryl/α,β-unsaturated/α-hetero) is 1. The van der Waals surface area contributed by atoms with Gasteiger partial charge in [-0.3, -0.25) is 4.79 Å². The van der Waals surface area contributed by atoms with Crippen molar-refractivity contribution < 1.29 is 4.79 Å². The van der Waals surface area contributed by atoms with Crippen LogP contribution in [0.1, 0.15) is 29.7 Å². The molecule has 20 heavy (non-hydrogen) atoms. The highest BCUT2D eigenvalue weighted by molar-refractivity contribution is 7.99. The highest BCUT2D eigenvalue weighted by Crippen LogP contribution is 2.38. The first-order valence-electron chi connectivity index (χ1n) is 6.53. The number of hydrogen-bond acceptors (Lipinski definition) is 2. The molecule has 0 aliphatic carbocycles. The van der Waals surface area contributed by atoms with Crippen LogP contribution in [0.25, 0.3) is 0 Å². The summed E-state index contributed by atoms with van der Waals surface area (Å²) in [6.07, 6.45) is 0.538. The molecule has 0 N–H and O–H groups in total. The maximum atomic E-state index is 11.5. The van der Waals surface area contributed by atoms with Gasteiger partial charge in [-0.05, 0) is 43.7 Å². The lowest BCUT2D eigenvalue weighted by Crippen LogP contribution is -2.01. The maximum absolute atomic E-state index is 11.5. The minimum atomic E-state index is 0.147. The minimum absolute atomic E-state index is 0.147. The lowest BCUT2D eigenvalue weighted by Gasteiger charge is -2.16. The summed E-state index contributed by atoms with van der Waals surface area (Å²) >= 11 is 7.61. The summed E-state index contributed by atoms with van der Waals surface area (Å²) in [5, 5.41) is 0.877. The van der Waals surface area contributed by atoms with E-state index in [1.54, 1.807) is 18.7 Å². The van der Waals surface area contributed by atoms with E-state index in [0.29, 0.717) is 6.42 Å². The monoisotopic (exact) mass is 304 g/mol. The first-order valence-corrected chi connectivity index (χ1v) is 7.78. The Labute approximate surface area is 129 Å². The molecule has 2 aromatic carbocycles. The first-order chi connectivity index (χ1) is 9.54. The van der Waals surface area contributed by atoms with E-state index in [1.807, 2.05) is 24.3 Å². The molecule has 0 aromatic heterocycles. The van der Waals surface area contributed by atoms with Crippen molar-refractivity contribution in [1.29, 1.82) is 0 Å². The maximum Gasteiger partial charge on any atom is 0.131 e. The molecule has 0 heterocycles. The second-order valence-corrected chi connectivity index (χ2v) is 6.59. The molecule has 1 nitrogen and oxygen atoms in total. The predicted molar refractivity (Wildman–Crippen MR) is 86.5 cm³/mol. The van der Waals surface area contributed by atoms with Crippen LogP contribution >= 0.6 is 23.4 Å². The van der Waals surface area contributed by atoms with Crippen molar-refractivity contribution in [1.82, 2.24) is 0 Å². The van der Waals surface area contributed by atoms with Gasteiger partial charge < -0.3 is 0 Å². The van der Waals surface area contributed by atoms with E-state index in [9.17, 15) is 4.79 Å². The summed E-state index contributed by atoms with van der Waals surface area (Å²) < 4.78 is 0. The zero-order chi connectivity index (χ0) is 14.5. The van der Waals surface area contributed by atoms with E-state index in [1.165, 1.54) is 11.1 Å². The Bertz CT molecular complexity index is 575. The van der Waals surface area contributed by atoms with Crippen molar-refractivity contribution in [3.8, 4) is 0 Å². The van der Waals surface area contributed by atoms with Gasteiger partial charge in [0.1, 0.15) is 5.78 Å². The molecule has 0 fully saturated rings. The van der Waals surface area contributed by atoms with Crippen molar-refractivity contribution in [2.24, 2.45) is 0 Å². The van der Waals surface area contributed by atoms with E-state index < -0.39 is 0 Å². The molecular weight excluding hydrogens is 288 g/mol. The Balaban J connectivity index is 2.21. The molecule has 104 valence electrons. The third kappa shape index (κ3) is 4.39.